The van der Waals surface area contributed by atoms with Crippen molar-refractivity contribution in [3.05, 3.63) is 53.1 Å². The first-order valence-electron chi connectivity index (χ1n) is 10.2. The third-order valence-electron chi connectivity index (χ3n) is 5.80. The van der Waals surface area contributed by atoms with Crippen molar-refractivity contribution in [1.29, 1.82) is 0 Å². The molecule has 2 aromatic rings. The molecule has 2 aliphatic rings. The predicted octanol–water partition coefficient (Wildman–Crippen LogP) is 2.87. The molecular formula is C22H25ClN2O5S. The summed E-state index contributed by atoms with van der Waals surface area (Å²) in [7, 11) is -2.03. The summed E-state index contributed by atoms with van der Waals surface area (Å²) in [5, 5.41) is 3.69. The molecule has 1 amide bonds. The Morgan fingerprint density at radius 3 is 2.55 bits per heavy atom. The molecule has 0 aliphatic carbocycles. The van der Waals surface area contributed by atoms with Gasteiger partial charge in [-0.05, 0) is 67.3 Å². The molecule has 2 aliphatic heterocycles. The van der Waals surface area contributed by atoms with Crippen LogP contribution in [0.25, 0.3) is 0 Å². The Kier molecular flexibility index (Phi) is 6.41. The zero-order valence-electron chi connectivity index (χ0n) is 17.2. The lowest BCUT2D eigenvalue weighted by molar-refractivity contribution is -0.127. The van der Waals surface area contributed by atoms with Crippen LogP contribution in [-0.4, -0.2) is 51.5 Å². The molecule has 4 rings (SSSR count). The van der Waals surface area contributed by atoms with Crippen LogP contribution < -0.4 is 14.8 Å². The van der Waals surface area contributed by atoms with E-state index in [4.69, 9.17) is 21.1 Å². The number of sulfonamides is 1. The number of benzene rings is 2. The summed E-state index contributed by atoms with van der Waals surface area (Å²) in [5.74, 6) is 1.02. The van der Waals surface area contributed by atoms with Crippen molar-refractivity contribution in [2.24, 2.45) is 5.92 Å². The number of hydrogen-bond acceptors (Lipinski definition) is 5. The summed E-state index contributed by atoms with van der Waals surface area (Å²) in [4.78, 5) is 13.0. The third-order valence-corrected chi connectivity index (χ3v) is 7.95. The molecule has 7 nitrogen and oxygen atoms in total. The molecule has 0 unspecified atom stereocenters. The highest BCUT2D eigenvalue weighted by Gasteiger charge is 2.32. The maximum atomic E-state index is 12.9. The van der Waals surface area contributed by atoms with Gasteiger partial charge in [0.1, 0.15) is 18.1 Å². The fourth-order valence-corrected chi connectivity index (χ4v) is 5.65. The molecule has 0 saturated carbocycles. The van der Waals surface area contributed by atoms with Crippen molar-refractivity contribution >= 4 is 27.5 Å². The van der Waals surface area contributed by atoms with Gasteiger partial charge in [0, 0.05) is 24.2 Å². The van der Waals surface area contributed by atoms with E-state index >= 15 is 0 Å². The van der Waals surface area contributed by atoms with E-state index in [0.717, 1.165) is 11.3 Å². The van der Waals surface area contributed by atoms with Crippen LogP contribution in [0.1, 0.15) is 18.4 Å². The second kappa shape index (κ2) is 9.06. The van der Waals surface area contributed by atoms with Crippen molar-refractivity contribution < 1.29 is 22.7 Å². The minimum atomic E-state index is -3.56. The fraction of sp³-hybridized carbons (Fsp3) is 0.409. The van der Waals surface area contributed by atoms with Gasteiger partial charge in [0.25, 0.3) is 0 Å². The molecule has 0 aromatic heterocycles. The van der Waals surface area contributed by atoms with E-state index in [-0.39, 0.29) is 22.8 Å². The smallest absolute Gasteiger partial charge is 0.243 e. The number of nitrogens with one attached hydrogen (secondary N) is 1. The maximum Gasteiger partial charge on any atom is 0.243 e. The van der Waals surface area contributed by atoms with Crippen LogP contribution in [0, 0.1) is 5.92 Å². The van der Waals surface area contributed by atoms with E-state index in [9.17, 15) is 13.2 Å². The van der Waals surface area contributed by atoms with Crippen LogP contribution in [0.3, 0.4) is 0 Å². The quantitative estimate of drug-likeness (QED) is 0.735. The lowest BCUT2D eigenvalue weighted by atomic mass is 9.95. The molecule has 0 spiro atoms. The number of ether oxygens (including phenoxy) is 2. The average Bonchev–Trinajstić information content (AvgIpc) is 2.79. The Balaban J connectivity index is 1.32. The van der Waals surface area contributed by atoms with Gasteiger partial charge >= 0.3 is 0 Å². The monoisotopic (exact) mass is 464 g/mol. The van der Waals surface area contributed by atoms with Crippen LogP contribution >= 0.6 is 11.6 Å². The summed E-state index contributed by atoms with van der Waals surface area (Å²) in [6.45, 7) is 1.04. The second-order valence-electron chi connectivity index (χ2n) is 7.83. The Morgan fingerprint density at radius 2 is 1.87 bits per heavy atom. The topological polar surface area (TPSA) is 84.9 Å². The van der Waals surface area contributed by atoms with Crippen molar-refractivity contribution in [1.82, 2.24) is 9.62 Å². The lowest BCUT2D eigenvalue weighted by Crippen LogP contribution is -2.49. The molecule has 1 atom stereocenters. The van der Waals surface area contributed by atoms with Crippen molar-refractivity contribution in [3.63, 3.8) is 0 Å². The molecule has 31 heavy (non-hydrogen) atoms. The minimum absolute atomic E-state index is 0.0597. The number of piperidine rings is 1. The van der Waals surface area contributed by atoms with Gasteiger partial charge in [-0.15, -0.1) is 0 Å². The second-order valence-corrected chi connectivity index (χ2v) is 10.2. The number of hydrogen-bond donors (Lipinski definition) is 1. The van der Waals surface area contributed by atoms with Gasteiger partial charge in [0.2, 0.25) is 15.9 Å². The molecule has 9 heteroatoms. The van der Waals surface area contributed by atoms with E-state index in [1.807, 2.05) is 12.1 Å². The molecule has 0 radical (unpaired) electrons. The number of amides is 1. The average molecular weight is 465 g/mol. The van der Waals surface area contributed by atoms with E-state index < -0.39 is 10.0 Å². The fourth-order valence-electron chi connectivity index (χ4n) is 3.99. The SMILES string of the molecule is COc1ccc(S(=O)(=O)N2CCC(NC(=O)[C@@H]3COc4ccc(Cl)cc4C3)CC2)cc1. The highest BCUT2D eigenvalue weighted by Crippen LogP contribution is 2.30. The Labute approximate surface area is 187 Å². The van der Waals surface area contributed by atoms with Crippen molar-refractivity contribution in [2.45, 2.75) is 30.2 Å². The minimum Gasteiger partial charge on any atom is -0.497 e. The predicted molar refractivity (Wildman–Crippen MR) is 117 cm³/mol. The Hall–Kier alpha value is -2.29. The summed E-state index contributed by atoms with van der Waals surface area (Å²) in [6, 6.07) is 11.7. The van der Waals surface area contributed by atoms with Gasteiger partial charge < -0.3 is 14.8 Å². The van der Waals surface area contributed by atoms with Crippen LogP contribution in [0.4, 0.5) is 0 Å². The number of carbonyl (C=O) groups excluding carboxylic acids is 1. The van der Waals surface area contributed by atoms with Crippen molar-refractivity contribution in [2.75, 3.05) is 26.8 Å². The first-order chi connectivity index (χ1) is 14.9. The highest BCUT2D eigenvalue weighted by molar-refractivity contribution is 7.89. The zero-order valence-corrected chi connectivity index (χ0v) is 18.8. The standard InChI is InChI=1S/C22H25ClN2O5S/c1-29-19-3-5-20(6-4-19)31(27,28)25-10-8-18(9-11-25)24-22(26)16-12-15-13-17(23)2-7-21(15)30-14-16/h2-7,13,16,18H,8-12,14H2,1H3,(H,24,26)/t16-/m0/s1. The van der Waals surface area contributed by atoms with Gasteiger partial charge in [0.05, 0.1) is 17.9 Å². The van der Waals surface area contributed by atoms with Crippen LogP contribution in [0.15, 0.2) is 47.4 Å². The number of nitrogens with zero attached hydrogens (tertiary/aromatic N) is 1. The number of fused-ring (bicyclic) bond motifs is 1. The van der Waals surface area contributed by atoms with Gasteiger partial charge in [0.15, 0.2) is 0 Å². The third kappa shape index (κ3) is 4.81. The molecule has 2 aromatic carbocycles. The Bertz CT molecular complexity index is 1050. The number of carbonyl (C=O) groups is 1. The van der Waals surface area contributed by atoms with Gasteiger partial charge in [-0.2, -0.15) is 4.31 Å². The summed E-state index contributed by atoms with van der Waals surface area (Å²) in [6.07, 6.45) is 1.71. The molecule has 1 fully saturated rings. The molecular weight excluding hydrogens is 440 g/mol. The van der Waals surface area contributed by atoms with E-state index in [1.54, 1.807) is 30.3 Å². The lowest BCUT2D eigenvalue weighted by Gasteiger charge is -2.33. The summed E-state index contributed by atoms with van der Waals surface area (Å²) in [5.41, 5.74) is 0.930. The van der Waals surface area contributed by atoms with Crippen molar-refractivity contribution in [3.8, 4) is 11.5 Å². The normalized spacial score (nSPS) is 19.9. The first kappa shape index (κ1) is 21.9. The zero-order chi connectivity index (χ0) is 22.0. The molecule has 1 N–H and O–H groups in total. The first-order valence-corrected chi connectivity index (χ1v) is 12.0. The van der Waals surface area contributed by atoms with E-state index in [2.05, 4.69) is 5.32 Å². The van der Waals surface area contributed by atoms with Crippen LogP contribution in [0.2, 0.25) is 5.02 Å². The molecule has 1 saturated heterocycles. The van der Waals surface area contributed by atoms with Gasteiger partial charge in [-0.3, -0.25) is 4.79 Å². The van der Waals surface area contributed by atoms with Gasteiger partial charge in [-0.1, -0.05) is 11.6 Å². The molecule has 2 heterocycles. The molecule has 166 valence electrons. The largest absolute Gasteiger partial charge is 0.497 e. The van der Waals surface area contributed by atoms with Crippen LogP contribution in [0.5, 0.6) is 11.5 Å². The van der Waals surface area contributed by atoms with Crippen LogP contribution in [-0.2, 0) is 21.2 Å². The summed E-state index contributed by atoms with van der Waals surface area (Å²) >= 11 is 6.05. The highest BCUT2D eigenvalue weighted by atomic mass is 35.5. The van der Waals surface area contributed by atoms with E-state index in [1.165, 1.54) is 11.4 Å². The number of halogens is 1. The van der Waals surface area contributed by atoms with E-state index in [0.29, 0.717) is 49.7 Å². The maximum absolute atomic E-state index is 12.9. The molecule has 0 bridgehead atoms. The Morgan fingerprint density at radius 1 is 1.16 bits per heavy atom. The number of methoxy groups -OCH3 is 1. The van der Waals surface area contributed by atoms with Gasteiger partial charge in [-0.25, -0.2) is 8.42 Å². The number of rotatable bonds is 5. The summed E-state index contributed by atoms with van der Waals surface area (Å²) < 4.78 is 38.0.